The van der Waals surface area contributed by atoms with Gasteiger partial charge in [0.2, 0.25) is 5.91 Å². The van der Waals surface area contributed by atoms with Gasteiger partial charge in [0.15, 0.2) is 5.65 Å². The Balaban J connectivity index is 1.69. The third kappa shape index (κ3) is 3.49. The van der Waals surface area contributed by atoms with Crippen LogP contribution in [0.25, 0.3) is 11.0 Å². The summed E-state index contributed by atoms with van der Waals surface area (Å²) in [6, 6.07) is 6.30. The van der Waals surface area contributed by atoms with E-state index in [1.54, 1.807) is 13.1 Å². The first-order valence-corrected chi connectivity index (χ1v) is 8.18. The fourth-order valence-corrected chi connectivity index (χ4v) is 2.72. The van der Waals surface area contributed by atoms with Crippen LogP contribution < -0.4 is 10.9 Å². The topological polar surface area (TPSA) is 81.8 Å². The lowest BCUT2D eigenvalue weighted by Gasteiger charge is -2.25. The van der Waals surface area contributed by atoms with Crippen LogP contribution in [0, 0.1) is 5.82 Å². The van der Waals surface area contributed by atoms with Gasteiger partial charge in [0, 0.05) is 19.0 Å². The highest BCUT2D eigenvalue weighted by Crippen LogP contribution is 2.22. The number of benzene rings is 1. The number of hydrogen-bond acceptors (Lipinski definition) is 4. The van der Waals surface area contributed by atoms with Crippen LogP contribution in [-0.4, -0.2) is 31.8 Å². The van der Waals surface area contributed by atoms with Gasteiger partial charge in [-0.3, -0.25) is 18.8 Å². The standard InChI is InChI=1S/C18H20FN5O2/c1-18(2,12-5-4-6-13(19)7-12)10-20-15(25)9-24-11-21-16-14(17(24)26)8-22-23(16)3/h4-8,11H,9-10H2,1-3H3,(H,20,25). The highest BCUT2D eigenvalue weighted by molar-refractivity contribution is 5.77. The van der Waals surface area contributed by atoms with E-state index in [1.165, 1.54) is 33.9 Å². The molecular weight excluding hydrogens is 337 g/mol. The Bertz CT molecular complexity index is 1020. The number of amides is 1. The largest absolute Gasteiger partial charge is 0.354 e. The molecule has 0 unspecified atom stereocenters. The Hall–Kier alpha value is -3.03. The first-order valence-electron chi connectivity index (χ1n) is 8.18. The number of nitrogens with zero attached hydrogens (tertiary/aromatic N) is 4. The number of aryl methyl sites for hydroxylation is 1. The van der Waals surface area contributed by atoms with E-state index in [4.69, 9.17) is 0 Å². The SMILES string of the molecule is Cn1ncc2c(=O)n(CC(=O)NCC(C)(C)c3cccc(F)c3)cnc21. The predicted molar refractivity (Wildman–Crippen MR) is 95.2 cm³/mol. The van der Waals surface area contributed by atoms with Crippen LogP contribution in [0.3, 0.4) is 0 Å². The summed E-state index contributed by atoms with van der Waals surface area (Å²) >= 11 is 0. The van der Waals surface area contributed by atoms with Crippen molar-refractivity contribution in [1.29, 1.82) is 0 Å². The van der Waals surface area contributed by atoms with Crippen LogP contribution in [0.4, 0.5) is 4.39 Å². The molecule has 0 spiro atoms. The lowest BCUT2D eigenvalue weighted by molar-refractivity contribution is -0.121. The summed E-state index contributed by atoms with van der Waals surface area (Å²) in [6.07, 6.45) is 2.77. The van der Waals surface area contributed by atoms with Crippen LogP contribution in [0.1, 0.15) is 19.4 Å². The van der Waals surface area contributed by atoms with Gasteiger partial charge in [-0.1, -0.05) is 26.0 Å². The van der Waals surface area contributed by atoms with E-state index in [9.17, 15) is 14.0 Å². The molecule has 0 radical (unpaired) electrons. The maximum atomic E-state index is 13.4. The molecule has 136 valence electrons. The molecule has 1 N–H and O–H groups in total. The third-order valence-electron chi connectivity index (χ3n) is 4.37. The Morgan fingerprint density at radius 2 is 2.12 bits per heavy atom. The van der Waals surface area contributed by atoms with Crippen LogP contribution >= 0.6 is 0 Å². The summed E-state index contributed by atoms with van der Waals surface area (Å²) in [5.74, 6) is -0.633. The van der Waals surface area contributed by atoms with Crippen molar-refractivity contribution in [2.45, 2.75) is 25.8 Å². The van der Waals surface area contributed by atoms with Gasteiger partial charge >= 0.3 is 0 Å². The molecule has 0 fully saturated rings. The summed E-state index contributed by atoms with van der Waals surface area (Å²) in [4.78, 5) is 28.8. The Morgan fingerprint density at radius 1 is 1.35 bits per heavy atom. The van der Waals surface area contributed by atoms with E-state index in [0.717, 1.165) is 5.56 Å². The lowest BCUT2D eigenvalue weighted by Crippen LogP contribution is -2.39. The van der Waals surface area contributed by atoms with Gasteiger partial charge in [0.25, 0.3) is 5.56 Å². The fourth-order valence-electron chi connectivity index (χ4n) is 2.72. The number of carbonyl (C=O) groups is 1. The van der Waals surface area contributed by atoms with Gasteiger partial charge < -0.3 is 5.32 Å². The molecule has 1 amide bonds. The molecule has 1 aromatic carbocycles. The molecular formula is C18H20FN5O2. The maximum Gasteiger partial charge on any atom is 0.264 e. The molecule has 0 aliphatic carbocycles. The Kier molecular flexibility index (Phi) is 4.58. The van der Waals surface area contributed by atoms with E-state index in [2.05, 4.69) is 15.4 Å². The van der Waals surface area contributed by atoms with Gasteiger partial charge in [-0.15, -0.1) is 0 Å². The minimum absolute atomic E-state index is 0.143. The van der Waals surface area contributed by atoms with Crippen molar-refractivity contribution < 1.29 is 9.18 Å². The number of aromatic nitrogens is 4. The summed E-state index contributed by atoms with van der Waals surface area (Å²) in [6.45, 7) is 4.00. The molecule has 0 saturated heterocycles. The van der Waals surface area contributed by atoms with E-state index in [-0.39, 0.29) is 23.8 Å². The number of halogens is 1. The molecule has 26 heavy (non-hydrogen) atoms. The molecule has 3 aromatic rings. The number of hydrogen-bond donors (Lipinski definition) is 1. The quantitative estimate of drug-likeness (QED) is 0.748. The maximum absolute atomic E-state index is 13.4. The lowest BCUT2D eigenvalue weighted by atomic mass is 9.84. The van der Waals surface area contributed by atoms with Crippen molar-refractivity contribution in [1.82, 2.24) is 24.6 Å². The first kappa shape index (κ1) is 17.8. The minimum atomic E-state index is -0.450. The molecule has 0 atom stereocenters. The van der Waals surface area contributed by atoms with Crippen molar-refractivity contribution in [2.24, 2.45) is 7.05 Å². The van der Waals surface area contributed by atoms with Crippen molar-refractivity contribution in [3.8, 4) is 0 Å². The molecule has 2 heterocycles. The highest BCUT2D eigenvalue weighted by Gasteiger charge is 2.22. The summed E-state index contributed by atoms with van der Waals surface area (Å²) in [7, 11) is 1.69. The van der Waals surface area contributed by atoms with Crippen molar-refractivity contribution in [3.63, 3.8) is 0 Å². The number of rotatable bonds is 5. The van der Waals surface area contributed by atoms with E-state index in [0.29, 0.717) is 17.6 Å². The number of carbonyl (C=O) groups excluding carboxylic acids is 1. The fraction of sp³-hybridized carbons (Fsp3) is 0.333. The van der Waals surface area contributed by atoms with E-state index in [1.807, 2.05) is 19.9 Å². The average molecular weight is 357 g/mol. The van der Waals surface area contributed by atoms with E-state index < -0.39 is 5.41 Å². The second kappa shape index (κ2) is 6.70. The molecule has 0 saturated carbocycles. The summed E-state index contributed by atoms with van der Waals surface area (Å²) in [5.41, 5.74) is 0.490. The van der Waals surface area contributed by atoms with Crippen molar-refractivity contribution >= 4 is 16.9 Å². The summed E-state index contributed by atoms with van der Waals surface area (Å²) in [5, 5.41) is 7.16. The van der Waals surface area contributed by atoms with Crippen LogP contribution in [0.15, 0.2) is 41.6 Å². The zero-order valence-corrected chi connectivity index (χ0v) is 14.9. The zero-order valence-electron chi connectivity index (χ0n) is 14.9. The second-order valence-corrected chi connectivity index (χ2v) is 6.85. The van der Waals surface area contributed by atoms with Crippen LogP contribution in [0.5, 0.6) is 0 Å². The summed E-state index contributed by atoms with van der Waals surface area (Å²) < 4.78 is 16.2. The minimum Gasteiger partial charge on any atom is -0.354 e. The Labute approximate surface area is 149 Å². The molecule has 7 nitrogen and oxygen atoms in total. The molecule has 0 aliphatic heterocycles. The first-order chi connectivity index (χ1) is 12.3. The monoisotopic (exact) mass is 357 g/mol. The smallest absolute Gasteiger partial charge is 0.264 e. The Morgan fingerprint density at radius 3 is 2.85 bits per heavy atom. The molecule has 2 aromatic heterocycles. The molecule has 0 aliphatic rings. The van der Waals surface area contributed by atoms with Crippen molar-refractivity contribution in [3.05, 3.63) is 58.5 Å². The highest BCUT2D eigenvalue weighted by atomic mass is 19.1. The second-order valence-electron chi connectivity index (χ2n) is 6.85. The molecule has 0 bridgehead atoms. The van der Waals surface area contributed by atoms with Gasteiger partial charge in [-0.05, 0) is 17.7 Å². The van der Waals surface area contributed by atoms with Crippen LogP contribution in [0.2, 0.25) is 0 Å². The van der Waals surface area contributed by atoms with Gasteiger partial charge in [-0.25, -0.2) is 9.37 Å². The molecule has 3 rings (SSSR count). The third-order valence-corrected chi connectivity index (χ3v) is 4.37. The van der Waals surface area contributed by atoms with E-state index >= 15 is 0 Å². The van der Waals surface area contributed by atoms with Gasteiger partial charge in [0.05, 0.1) is 6.20 Å². The van der Waals surface area contributed by atoms with Crippen molar-refractivity contribution in [2.75, 3.05) is 6.54 Å². The normalized spacial score (nSPS) is 11.7. The van der Waals surface area contributed by atoms with Gasteiger partial charge in [0.1, 0.15) is 24.1 Å². The average Bonchev–Trinajstić information content (AvgIpc) is 2.97. The van der Waals surface area contributed by atoms with Gasteiger partial charge in [-0.2, -0.15) is 5.10 Å². The number of nitrogens with one attached hydrogen (secondary N) is 1. The predicted octanol–water partition coefficient (Wildman–Crippen LogP) is 1.36. The number of fused-ring (bicyclic) bond motifs is 1. The zero-order chi connectivity index (χ0) is 18.9. The van der Waals surface area contributed by atoms with Crippen LogP contribution in [-0.2, 0) is 23.8 Å². The molecule has 8 heteroatoms.